The van der Waals surface area contributed by atoms with Gasteiger partial charge in [0.1, 0.15) is 5.82 Å². The maximum Gasteiger partial charge on any atom is 0.451 e. The van der Waals surface area contributed by atoms with Crippen molar-refractivity contribution in [3.8, 4) is 0 Å². The molecule has 2 aromatic rings. The molecule has 0 aliphatic carbocycles. The minimum Gasteiger partial charge on any atom is -0.370 e. The smallest absolute Gasteiger partial charge is 0.370 e. The Kier molecular flexibility index (Phi) is 3.81. The standard InChI is InChI=1S/C11H10F3N3S/c12-11(13,14)10-16-6-4-9(17-10)15-5-3-8-2-1-7-18-8/h1-2,4,6-7H,3,5H2,(H,15,16,17). The lowest BCUT2D eigenvalue weighted by Crippen LogP contribution is -2.13. The first-order valence-corrected chi connectivity index (χ1v) is 6.10. The number of nitrogens with zero attached hydrogens (tertiary/aromatic N) is 2. The van der Waals surface area contributed by atoms with E-state index in [1.54, 1.807) is 11.3 Å². The fourth-order valence-electron chi connectivity index (χ4n) is 1.36. The fraction of sp³-hybridized carbons (Fsp3) is 0.273. The van der Waals surface area contributed by atoms with Crippen LogP contribution in [0, 0.1) is 0 Å². The van der Waals surface area contributed by atoms with Crippen molar-refractivity contribution in [3.63, 3.8) is 0 Å². The van der Waals surface area contributed by atoms with Gasteiger partial charge < -0.3 is 5.32 Å². The van der Waals surface area contributed by atoms with Crippen molar-refractivity contribution in [1.29, 1.82) is 0 Å². The summed E-state index contributed by atoms with van der Waals surface area (Å²) in [7, 11) is 0. The van der Waals surface area contributed by atoms with Gasteiger partial charge in [-0.1, -0.05) is 6.07 Å². The summed E-state index contributed by atoms with van der Waals surface area (Å²) in [6.07, 6.45) is -2.65. The van der Waals surface area contributed by atoms with E-state index in [-0.39, 0.29) is 5.82 Å². The maximum atomic E-state index is 12.4. The first-order valence-electron chi connectivity index (χ1n) is 5.22. The summed E-state index contributed by atoms with van der Waals surface area (Å²) in [6, 6.07) is 5.34. The Hall–Kier alpha value is -1.63. The molecule has 0 saturated carbocycles. The van der Waals surface area contributed by atoms with E-state index in [4.69, 9.17) is 0 Å². The average molecular weight is 273 g/mol. The average Bonchev–Trinajstić information content (AvgIpc) is 2.81. The monoisotopic (exact) mass is 273 g/mol. The summed E-state index contributed by atoms with van der Waals surface area (Å²) in [5, 5.41) is 4.81. The molecule has 0 radical (unpaired) electrons. The molecule has 18 heavy (non-hydrogen) atoms. The first-order chi connectivity index (χ1) is 8.55. The molecule has 2 rings (SSSR count). The molecule has 7 heteroatoms. The van der Waals surface area contributed by atoms with Gasteiger partial charge in [-0.15, -0.1) is 11.3 Å². The van der Waals surface area contributed by atoms with Gasteiger partial charge in [0, 0.05) is 17.6 Å². The summed E-state index contributed by atoms with van der Waals surface area (Å²) in [6.45, 7) is 0.537. The second-order valence-corrected chi connectivity index (χ2v) is 4.55. The Morgan fingerprint density at radius 2 is 2.11 bits per heavy atom. The molecule has 0 aliphatic heterocycles. The van der Waals surface area contributed by atoms with Crippen LogP contribution in [0.1, 0.15) is 10.7 Å². The van der Waals surface area contributed by atoms with Crippen molar-refractivity contribution in [2.75, 3.05) is 11.9 Å². The van der Waals surface area contributed by atoms with Crippen LogP contribution in [0.25, 0.3) is 0 Å². The summed E-state index contributed by atoms with van der Waals surface area (Å²) < 4.78 is 37.1. The molecule has 0 saturated heterocycles. The minimum absolute atomic E-state index is 0.189. The zero-order valence-electron chi connectivity index (χ0n) is 9.24. The number of anilines is 1. The van der Waals surface area contributed by atoms with Crippen LogP contribution in [0.15, 0.2) is 29.8 Å². The molecule has 0 aromatic carbocycles. The zero-order valence-corrected chi connectivity index (χ0v) is 10.1. The molecule has 0 amide bonds. The van der Waals surface area contributed by atoms with Crippen LogP contribution in [-0.2, 0) is 12.6 Å². The Bertz CT molecular complexity index is 496. The van der Waals surface area contributed by atoms with Crippen LogP contribution in [-0.4, -0.2) is 16.5 Å². The van der Waals surface area contributed by atoms with Gasteiger partial charge in [-0.25, -0.2) is 9.97 Å². The van der Waals surface area contributed by atoms with Gasteiger partial charge in [0.25, 0.3) is 0 Å². The largest absolute Gasteiger partial charge is 0.451 e. The highest BCUT2D eigenvalue weighted by molar-refractivity contribution is 7.09. The van der Waals surface area contributed by atoms with Crippen LogP contribution in [0.4, 0.5) is 19.0 Å². The number of hydrogen-bond acceptors (Lipinski definition) is 4. The summed E-state index contributed by atoms with van der Waals surface area (Å²) >= 11 is 1.61. The van der Waals surface area contributed by atoms with E-state index in [0.29, 0.717) is 6.54 Å². The molecule has 1 N–H and O–H groups in total. The summed E-state index contributed by atoms with van der Waals surface area (Å²) in [5.41, 5.74) is 0. The van der Waals surface area contributed by atoms with E-state index in [1.807, 2.05) is 17.5 Å². The number of nitrogens with one attached hydrogen (secondary N) is 1. The third kappa shape index (κ3) is 3.43. The molecule has 0 spiro atoms. The predicted octanol–water partition coefficient (Wildman–Crippen LogP) is 3.21. The second-order valence-electron chi connectivity index (χ2n) is 3.52. The first kappa shape index (κ1) is 12.8. The van der Waals surface area contributed by atoms with Crippen molar-refractivity contribution in [2.45, 2.75) is 12.6 Å². The summed E-state index contributed by atoms with van der Waals surface area (Å²) in [5.74, 6) is -0.933. The van der Waals surface area contributed by atoms with E-state index in [1.165, 1.54) is 10.9 Å². The molecule has 2 heterocycles. The lowest BCUT2D eigenvalue weighted by Gasteiger charge is -2.08. The van der Waals surface area contributed by atoms with Gasteiger partial charge in [0.05, 0.1) is 0 Å². The van der Waals surface area contributed by atoms with Crippen molar-refractivity contribution < 1.29 is 13.2 Å². The normalized spacial score (nSPS) is 11.5. The van der Waals surface area contributed by atoms with Gasteiger partial charge in [-0.05, 0) is 23.9 Å². The Morgan fingerprint density at radius 1 is 1.28 bits per heavy atom. The number of halogens is 3. The van der Waals surface area contributed by atoms with E-state index in [9.17, 15) is 13.2 Å². The number of alkyl halides is 3. The lowest BCUT2D eigenvalue weighted by molar-refractivity contribution is -0.144. The highest BCUT2D eigenvalue weighted by atomic mass is 32.1. The fourth-order valence-corrected chi connectivity index (χ4v) is 2.07. The molecule has 3 nitrogen and oxygen atoms in total. The van der Waals surface area contributed by atoms with Gasteiger partial charge in [-0.2, -0.15) is 13.2 Å². The van der Waals surface area contributed by atoms with Crippen LogP contribution in [0.2, 0.25) is 0 Å². The van der Waals surface area contributed by atoms with E-state index >= 15 is 0 Å². The van der Waals surface area contributed by atoms with Gasteiger partial charge >= 0.3 is 6.18 Å². The predicted molar refractivity (Wildman–Crippen MR) is 63.5 cm³/mol. The molecule has 0 fully saturated rings. The molecule has 0 atom stereocenters. The van der Waals surface area contributed by atoms with Gasteiger partial charge in [-0.3, -0.25) is 0 Å². The van der Waals surface area contributed by atoms with Crippen LogP contribution in [0.5, 0.6) is 0 Å². The lowest BCUT2D eigenvalue weighted by atomic mass is 10.3. The number of hydrogen-bond donors (Lipinski definition) is 1. The molecular weight excluding hydrogens is 263 g/mol. The Balaban J connectivity index is 1.93. The molecular formula is C11H10F3N3S. The number of thiophene rings is 1. The minimum atomic E-state index is -4.51. The summed E-state index contributed by atoms with van der Waals surface area (Å²) in [4.78, 5) is 7.79. The second kappa shape index (κ2) is 5.34. The quantitative estimate of drug-likeness (QED) is 0.929. The van der Waals surface area contributed by atoms with Gasteiger partial charge in [0.2, 0.25) is 5.82 Å². The van der Waals surface area contributed by atoms with E-state index in [0.717, 1.165) is 12.6 Å². The van der Waals surface area contributed by atoms with Crippen molar-refractivity contribution in [3.05, 3.63) is 40.5 Å². The van der Waals surface area contributed by atoms with Crippen molar-refractivity contribution >= 4 is 17.2 Å². The molecule has 96 valence electrons. The zero-order chi connectivity index (χ0) is 13.0. The molecule has 0 unspecified atom stereocenters. The van der Waals surface area contributed by atoms with Gasteiger partial charge in [0.15, 0.2) is 0 Å². The van der Waals surface area contributed by atoms with E-state index in [2.05, 4.69) is 15.3 Å². The number of rotatable bonds is 4. The molecule has 2 aromatic heterocycles. The van der Waals surface area contributed by atoms with Crippen LogP contribution >= 0.6 is 11.3 Å². The van der Waals surface area contributed by atoms with Crippen LogP contribution < -0.4 is 5.32 Å². The van der Waals surface area contributed by atoms with Crippen molar-refractivity contribution in [1.82, 2.24) is 9.97 Å². The van der Waals surface area contributed by atoms with Crippen molar-refractivity contribution in [2.24, 2.45) is 0 Å². The highest BCUT2D eigenvalue weighted by Gasteiger charge is 2.34. The topological polar surface area (TPSA) is 37.8 Å². The van der Waals surface area contributed by atoms with E-state index < -0.39 is 12.0 Å². The Labute approximate surface area is 106 Å². The van der Waals surface area contributed by atoms with Crippen LogP contribution in [0.3, 0.4) is 0 Å². The Morgan fingerprint density at radius 3 is 2.78 bits per heavy atom. The highest BCUT2D eigenvalue weighted by Crippen LogP contribution is 2.26. The molecule has 0 bridgehead atoms. The SMILES string of the molecule is FC(F)(F)c1nccc(NCCc2cccs2)n1. The third-order valence-electron chi connectivity index (χ3n) is 2.17. The molecule has 0 aliphatic rings. The third-order valence-corrected chi connectivity index (χ3v) is 3.10. The number of aromatic nitrogens is 2. The maximum absolute atomic E-state index is 12.4.